The van der Waals surface area contributed by atoms with E-state index in [-0.39, 0.29) is 23.7 Å². The average Bonchev–Trinajstić information content (AvgIpc) is 3.13. The van der Waals surface area contributed by atoms with Crippen LogP contribution in [0.1, 0.15) is 108 Å². The van der Waals surface area contributed by atoms with Gasteiger partial charge >= 0.3 is 6.09 Å². The fraction of sp³-hybridized carbons (Fsp3) is 0.839. The molecule has 2 rings (SSSR count). The van der Waals surface area contributed by atoms with Crippen LogP contribution in [0.5, 0.6) is 0 Å². The Morgan fingerprint density at radius 2 is 1.55 bits per heavy atom. The molecule has 0 aromatic rings. The van der Waals surface area contributed by atoms with Gasteiger partial charge in [-0.3, -0.25) is 19.2 Å². The third kappa shape index (κ3) is 9.03. The number of nitrogens with zero attached hydrogens (tertiary/aromatic N) is 1. The van der Waals surface area contributed by atoms with E-state index in [0.717, 1.165) is 32.1 Å². The first-order valence-corrected chi connectivity index (χ1v) is 15.0. The summed E-state index contributed by atoms with van der Waals surface area (Å²) < 4.78 is 5.45. The largest absolute Gasteiger partial charge is 0.444 e. The molecule has 1 saturated carbocycles. The molecular weight excluding hydrogens is 510 g/mol. The SMILES string of the molecule is CC[C@H]1CN(C(=O)C(NC(=O)OC(C)(C)C)C(C)(C)C)C(C(=O)NC(CC2CCC2)C(=O)C(C)=O)[C@H]1CC(C)C. The zero-order chi connectivity index (χ0) is 30.6. The van der Waals surface area contributed by atoms with Gasteiger partial charge in [-0.2, -0.15) is 0 Å². The van der Waals surface area contributed by atoms with Gasteiger partial charge in [0.1, 0.15) is 17.7 Å². The molecule has 1 heterocycles. The van der Waals surface area contributed by atoms with Gasteiger partial charge in [0.2, 0.25) is 17.6 Å². The minimum absolute atomic E-state index is 0.0813. The summed E-state index contributed by atoms with van der Waals surface area (Å²) in [6.45, 7) is 18.7. The second kappa shape index (κ2) is 13.5. The summed E-state index contributed by atoms with van der Waals surface area (Å²) >= 11 is 0. The van der Waals surface area contributed by atoms with Crippen molar-refractivity contribution in [2.75, 3.05) is 6.54 Å². The molecule has 0 aromatic carbocycles. The molecule has 1 saturated heterocycles. The predicted octanol–water partition coefficient (Wildman–Crippen LogP) is 4.66. The van der Waals surface area contributed by atoms with Gasteiger partial charge in [0.25, 0.3) is 0 Å². The summed E-state index contributed by atoms with van der Waals surface area (Å²) in [5, 5.41) is 5.68. The van der Waals surface area contributed by atoms with Crippen molar-refractivity contribution in [3.8, 4) is 0 Å². The molecule has 2 aliphatic rings. The minimum Gasteiger partial charge on any atom is -0.444 e. The van der Waals surface area contributed by atoms with Crippen LogP contribution < -0.4 is 10.6 Å². The number of amides is 3. The number of likely N-dealkylation sites (tertiary alicyclic amines) is 1. The van der Waals surface area contributed by atoms with Gasteiger partial charge in [-0.05, 0) is 62.7 Å². The van der Waals surface area contributed by atoms with Crippen LogP contribution in [0.15, 0.2) is 0 Å². The maximum atomic E-state index is 14.2. The van der Waals surface area contributed by atoms with Crippen molar-refractivity contribution in [2.45, 2.75) is 131 Å². The number of Topliss-reactive ketones (excluding diaryl/α,β-unsaturated/α-hetero) is 2. The van der Waals surface area contributed by atoms with E-state index in [9.17, 15) is 24.0 Å². The predicted molar refractivity (Wildman–Crippen MR) is 154 cm³/mol. The second-order valence-corrected chi connectivity index (χ2v) is 14.4. The number of carbonyl (C=O) groups is 5. The molecule has 9 heteroatoms. The van der Waals surface area contributed by atoms with Crippen LogP contribution in [0.25, 0.3) is 0 Å². The number of ether oxygens (including phenoxy) is 1. The van der Waals surface area contributed by atoms with Crippen molar-refractivity contribution < 1.29 is 28.7 Å². The van der Waals surface area contributed by atoms with Gasteiger partial charge in [-0.15, -0.1) is 0 Å². The molecule has 0 aromatic heterocycles. The maximum Gasteiger partial charge on any atom is 0.408 e. The number of nitrogens with one attached hydrogen (secondary N) is 2. The van der Waals surface area contributed by atoms with Crippen LogP contribution in [-0.4, -0.2) is 64.6 Å². The highest BCUT2D eigenvalue weighted by molar-refractivity contribution is 6.38. The Morgan fingerprint density at radius 3 is 1.98 bits per heavy atom. The van der Waals surface area contributed by atoms with Gasteiger partial charge < -0.3 is 20.3 Å². The van der Waals surface area contributed by atoms with Gasteiger partial charge in [-0.1, -0.05) is 67.2 Å². The normalized spacial score (nSPS) is 23.3. The zero-order valence-corrected chi connectivity index (χ0v) is 26.4. The fourth-order valence-electron chi connectivity index (χ4n) is 5.89. The standard InChI is InChI=1S/C31H53N3O6/c1-11-21-17-34(28(38)26(30(5,6)7)33-29(39)40-31(8,9)10)24(22(21)15-18(2)3)27(37)32-23(25(36)19(4)35)16-20-13-12-14-20/h18,20-24,26H,11-17H2,1-10H3,(H,32,37)(H,33,39)/t21-,22-,23?,24?,26?/m0/s1. The average molecular weight is 564 g/mol. The van der Waals surface area contributed by atoms with Crippen molar-refractivity contribution >= 4 is 29.5 Å². The van der Waals surface area contributed by atoms with Crippen LogP contribution >= 0.6 is 0 Å². The number of rotatable bonds is 11. The molecule has 3 amide bonds. The lowest BCUT2D eigenvalue weighted by molar-refractivity contribution is -0.144. The molecule has 9 nitrogen and oxygen atoms in total. The summed E-state index contributed by atoms with van der Waals surface area (Å²) in [5.74, 6) is -1.38. The van der Waals surface area contributed by atoms with E-state index in [1.54, 1.807) is 25.7 Å². The summed E-state index contributed by atoms with van der Waals surface area (Å²) in [6, 6.07) is -2.64. The highest BCUT2D eigenvalue weighted by Gasteiger charge is 2.50. The molecule has 5 atom stereocenters. The zero-order valence-electron chi connectivity index (χ0n) is 26.4. The van der Waals surface area contributed by atoms with E-state index in [1.165, 1.54) is 6.92 Å². The summed E-state index contributed by atoms with van der Waals surface area (Å²) in [5.41, 5.74) is -1.40. The first-order chi connectivity index (χ1) is 18.4. The van der Waals surface area contributed by atoms with Crippen molar-refractivity contribution in [2.24, 2.45) is 29.1 Å². The maximum absolute atomic E-state index is 14.2. The Morgan fingerprint density at radius 1 is 0.950 bits per heavy atom. The lowest BCUT2D eigenvalue weighted by Crippen LogP contribution is -2.60. The quantitative estimate of drug-likeness (QED) is 0.353. The molecule has 40 heavy (non-hydrogen) atoms. The Kier molecular flexibility index (Phi) is 11.4. The third-order valence-corrected chi connectivity index (χ3v) is 8.15. The molecule has 0 radical (unpaired) electrons. The lowest BCUT2D eigenvalue weighted by atomic mass is 9.79. The molecular formula is C31H53N3O6. The number of hydrogen-bond acceptors (Lipinski definition) is 6. The van der Waals surface area contributed by atoms with Crippen LogP contribution in [0.2, 0.25) is 0 Å². The fourth-order valence-corrected chi connectivity index (χ4v) is 5.89. The van der Waals surface area contributed by atoms with E-state index in [2.05, 4.69) is 31.4 Å². The van der Waals surface area contributed by atoms with Crippen LogP contribution in [0, 0.1) is 29.1 Å². The lowest BCUT2D eigenvalue weighted by Gasteiger charge is -2.37. The van der Waals surface area contributed by atoms with Crippen molar-refractivity contribution in [3.05, 3.63) is 0 Å². The highest BCUT2D eigenvalue weighted by atomic mass is 16.6. The van der Waals surface area contributed by atoms with E-state index >= 15 is 0 Å². The van der Waals surface area contributed by atoms with Gasteiger partial charge in [0.05, 0.1) is 6.04 Å². The van der Waals surface area contributed by atoms with E-state index in [1.807, 2.05) is 20.8 Å². The van der Waals surface area contributed by atoms with E-state index in [0.29, 0.717) is 18.9 Å². The first kappa shape index (κ1) is 33.8. The smallest absolute Gasteiger partial charge is 0.408 e. The minimum atomic E-state index is -0.933. The number of carbonyl (C=O) groups excluding carboxylic acids is 5. The van der Waals surface area contributed by atoms with Crippen molar-refractivity contribution in [1.29, 1.82) is 0 Å². The molecule has 2 N–H and O–H groups in total. The van der Waals surface area contributed by atoms with Crippen LogP contribution in [-0.2, 0) is 23.9 Å². The van der Waals surface area contributed by atoms with E-state index < -0.39 is 52.7 Å². The Labute approximate surface area is 240 Å². The molecule has 0 bridgehead atoms. The monoisotopic (exact) mass is 563 g/mol. The van der Waals surface area contributed by atoms with Crippen LogP contribution in [0.3, 0.4) is 0 Å². The molecule has 1 aliphatic carbocycles. The summed E-state index contributed by atoms with van der Waals surface area (Å²) in [6.07, 6.45) is 4.28. The molecule has 228 valence electrons. The van der Waals surface area contributed by atoms with Gasteiger partial charge in [0.15, 0.2) is 5.78 Å². The second-order valence-electron chi connectivity index (χ2n) is 14.4. The van der Waals surface area contributed by atoms with Gasteiger partial charge in [0, 0.05) is 13.5 Å². The topological polar surface area (TPSA) is 122 Å². The third-order valence-electron chi connectivity index (χ3n) is 8.15. The summed E-state index contributed by atoms with van der Waals surface area (Å²) in [7, 11) is 0. The highest BCUT2D eigenvalue weighted by Crippen LogP contribution is 2.39. The van der Waals surface area contributed by atoms with Crippen molar-refractivity contribution in [3.63, 3.8) is 0 Å². The van der Waals surface area contributed by atoms with E-state index in [4.69, 9.17) is 4.74 Å². The van der Waals surface area contributed by atoms with Crippen molar-refractivity contribution in [1.82, 2.24) is 15.5 Å². The molecule has 1 aliphatic heterocycles. The van der Waals surface area contributed by atoms with Gasteiger partial charge in [-0.25, -0.2) is 4.79 Å². The Balaban J connectivity index is 2.44. The Bertz CT molecular complexity index is 944. The number of ketones is 2. The molecule has 2 fully saturated rings. The first-order valence-electron chi connectivity index (χ1n) is 15.0. The number of alkyl carbamates (subject to hydrolysis) is 1. The summed E-state index contributed by atoms with van der Waals surface area (Å²) in [4.78, 5) is 67.5. The molecule has 0 spiro atoms. The Hall–Kier alpha value is -2.45. The molecule has 3 unspecified atom stereocenters. The number of hydrogen-bond donors (Lipinski definition) is 2. The van der Waals surface area contributed by atoms with Crippen LogP contribution in [0.4, 0.5) is 4.79 Å².